The van der Waals surface area contributed by atoms with Crippen LogP contribution in [0.15, 0.2) is 12.2 Å². The van der Waals surface area contributed by atoms with E-state index in [9.17, 15) is 0 Å². The smallest absolute Gasteiger partial charge is 0.129 e. The number of hydrogen-bond acceptors (Lipinski definition) is 1. The van der Waals surface area contributed by atoms with Crippen LogP contribution in [0.3, 0.4) is 0 Å². The van der Waals surface area contributed by atoms with Gasteiger partial charge in [-0.2, -0.15) is 0 Å². The van der Waals surface area contributed by atoms with Gasteiger partial charge < -0.3 is 4.23 Å². The molecule has 0 aromatic rings. The summed E-state index contributed by atoms with van der Waals surface area (Å²) in [6, 6.07) is 0. The van der Waals surface area contributed by atoms with Crippen molar-refractivity contribution < 1.29 is 0 Å². The van der Waals surface area contributed by atoms with Gasteiger partial charge in [0.15, 0.2) is 0 Å². The molecular weight excluding hydrogens is 334 g/mol. The van der Waals surface area contributed by atoms with Crippen molar-refractivity contribution in [3.63, 3.8) is 0 Å². The molecule has 0 saturated heterocycles. The summed E-state index contributed by atoms with van der Waals surface area (Å²) in [6.07, 6.45) is 0. The molecule has 0 aromatic heterocycles. The van der Waals surface area contributed by atoms with Crippen LogP contribution in [0.1, 0.15) is 90.0 Å². The van der Waals surface area contributed by atoms with E-state index in [2.05, 4.69) is 101 Å². The van der Waals surface area contributed by atoms with Crippen molar-refractivity contribution >= 4 is 16.5 Å². The number of nitrogens with zero attached hydrogens (tertiary/aromatic N) is 1. The molecule has 0 spiro atoms. The average Bonchev–Trinajstić information content (AvgIpc) is 2.35. The molecule has 0 bridgehead atoms. The second kappa shape index (κ2) is 9.37. The summed E-state index contributed by atoms with van der Waals surface area (Å²) in [5.74, 6) is 0. The quantitative estimate of drug-likeness (QED) is 0.271. The fourth-order valence-electron chi connectivity index (χ4n) is 6.75. The van der Waals surface area contributed by atoms with E-state index in [1.165, 1.54) is 5.57 Å². The van der Waals surface area contributed by atoms with Gasteiger partial charge in [0, 0.05) is 6.54 Å². The third-order valence-electron chi connectivity index (χ3n) is 6.91. The monoisotopic (exact) mass is 383 g/mol. The lowest BCUT2D eigenvalue weighted by Gasteiger charge is -2.63. The fourth-order valence-corrected chi connectivity index (χ4v) is 26.9. The molecule has 0 atom stereocenters. The van der Waals surface area contributed by atoms with E-state index in [-0.39, 0.29) is 0 Å². The Morgan fingerprint density at radius 2 is 0.800 bits per heavy atom. The van der Waals surface area contributed by atoms with Crippen LogP contribution in [0.4, 0.5) is 0 Å². The molecule has 0 aliphatic carbocycles. The molecule has 0 amide bonds. The van der Waals surface area contributed by atoms with Crippen LogP contribution in [-0.4, -0.2) is 27.2 Å². The first-order chi connectivity index (χ1) is 11.2. The van der Waals surface area contributed by atoms with Crippen LogP contribution in [0, 0.1) is 0 Å². The van der Waals surface area contributed by atoms with Crippen molar-refractivity contribution in [3.8, 4) is 0 Å². The summed E-state index contributed by atoms with van der Waals surface area (Å²) in [7, 11) is -3.42. The summed E-state index contributed by atoms with van der Waals surface area (Å²) in [5.41, 5.74) is 5.90. The minimum Gasteiger partial charge on any atom is -0.340 e. The van der Waals surface area contributed by atoms with Gasteiger partial charge in [-0.25, -0.2) is 0 Å². The summed E-state index contributed by atoms with van der Waals surface area (Å²) in [4.78, 5) is 0. The Balaban J connectivity index is 6.98. The Morgan fingerprint density at radius 3 is 0.920 bits per heavy atom. The van der Waals surface area contributed by atoms with Crippen molar-refractivity contribution in [1.29, 1.82) is 0 Å². The highest BCUT2D eigenvalue weighted by atomic mass is 28.4. The van der Waals surface area contributed by atoms with E-state index in [0.717, 1.165) is 39.8 Å². The van der Waals surface area contributed by atoms with Gasteiger partial charge in [-0.15, -0.1) is 0 Å². The Morgan fingerprint density at radius 1 is 0.600 bits per heavy atom. The highest BCUT2D eigenvalue weighted by Crippen LogP contribution is 2.53. The minimum absolute atomic E-state index is 0.759. The molecule has 150 valence electrons. The lowest BCUT2D eigenvalue weighted by Crippen LogP contribution is -2.74. The van der Waals surface area contributed by atoms with Crippen molar-refractivity contribution in [2.75, 3.05) is 6.54 Å². The van der Waals surface area contributed by atoms with Gasteiger partial charge in [-0.05, 0) is 40.2 Å². The van der Waals surface area contributed by atoms with Gasteiger partial charge in [-0.1, -0.05) is 95.2 Å². The fraction of sp³-hybridized carbons (Fsp3) is 0.909. The van der Waals surface area contributed by atoms with Crippen LogP contribution in [0.5, 0.6) is 0 Å². The zero-order chi connectivity index (χ0) is 20.3. The molecule has 0 saturated carbocycles. The van der Waals surface area contributed by atoms with E-state index in [4.69, 9.17) is 0 Å². The molecule has 0 N–H and O–H groups in total. The van der Waals surface area contributed by atoms with Crippen LogP contribution in [-0.2, 0) is 0 Å². The van der Waals surface area contributed by atoms with Gasteiger partial charge in [0.2, 0.25) is 0 Å². The van der Waals surface area contributed by atoms with Gasteiger partial charge in [0.1, 0.15) is 16.5 Å². The van der Waals surface area contributed by atoms with Crippen molar-refractivity contribution in [3.05, 3.63) is 12.2 Å². The van der Waals surface area contributed by atoms with E-state index < -0.39 is 16.5 Å². The Hall–Kier alpha value is 0.134. The third-order valence-corrected chi connectivity index (χ3v) is 22.5. The largest absolute Gasteiger partial charge is 0.340 e. The van der Waals surface area contributed by atoms with Gasteiger partial charge in [-0.3, -0.25) is 0 Å². The summed E-state index contributed by atoms with van der Waals surface area (Å²) >= 11 is 0. The van der Waals surface area contributed by atoms with E-state index in [1.54, 1.807) is 0 Å². The standard InChI is InChI=1S/C22H49NSi2/c1-16(2)15-23(24(17(3)4,18(5)6)19(7)8)25(20(9)10,21(11)12)22(13)14/h17-22H,1,15H2,2-14H3. The Kier molecular flexibility index (Phi) is 9.42. The molecule has 1 nitrogen and oxygen atoms in total. The second-order valence-corrected chi connectivity index (χ2v) is 22.3. The molecule has 25 heavy (non-hydrogen) atoms. The van der Waals surface area contributed by atoms with Crippen molar-refractivity contribution in [2.45, 2.75) is 123 Å². The SMILES string of the molecule is C=C(C)CN([Si](C(C)C)(C(C)C)C(C)C)[Si](C(C)C)(C(C)C)C(C)C. The van der Waals surface area contributed by atoms with E-state index in [0.29, 0.717) is 0 Å². The second-order valence-electron chi connectivity index (χ2n) is 10.2. The lowest BCUT2D eigenvalue weighted by molar-refractivity contribution is 0.526. The molecule has 0 radical (unpaired) electrons. The normalized spacial score (nSPS) is 14.2. The first-order valence-corrected chi connectivity index (χ1v) is 15.0. The maximum Gasteiger partial charge on any atom is 0.129 e. The van der Waals surface area contributed by atoms with Gasteiger partial charge in [0.25, 0.3) is 0 Å². The van der Waals surface area contributed by atoms with Crippen LogP contribution < -0.4 is 0 Å². The minimum atomic E-state index is -1.71. The first-order valence-electron chi connectivity index (χ1n) is 10.6. The van der Waals surface area contributed by atoms with Gasteiger partial charge >= 0.3 is 0 Å². The topological polar surface area (TPSA) is 3.24 Å². The predicted molar refractivity (Wildman–Crippen MR) is 124 cm³/mol. The maximum atomic E-state index is 4.38. The van der Waals surface area contributed by atoms with Crippen molar-refractivity contribution in [1.82, 2.24) is 4.23 Å². The third kappa shape index (κ3) is 4.35. The molecule has 0 fully saturated rings. The van der Waals surface area contributed by atoms with Crippen molar-refractivity contribution in [2.24, 2.45) is 0 Å². The lowest BCUT2D eigenvalue weighted by atomic mass is 10.4. The highest BCUT2D eigenvalue weighted by Gasteiger charge is 2.59. The van der Waals surface area contributed by atoms with Gasteiger partial charge in [0.05, 0.1) is 0 Å². The van der Waals surface area contributed by atoms with Crippen LogP contribution in [0.25, 0.3) is 0 Å². The summed E-state index contributed by atoms with van der Waals surface area (Å²) in [5, 5.41) is 0. The Labute approximate surface area is 162 Å². The zero-order valence-electron chi connectivity index (χ0n) is 19.8. The number of rotatable bonds is 10. The highest BCUT2D eigenvalue weighted by molar-refractivity contribution is 6.96. The molecule has 0 aliphatic rings. The van der Waals surface area contributed by atoms with E-state index in [1.807, 2.05) is 0 Å². The van der Waals surface area contributed by atoms with Crippen LogP contribution >= 0.6 is 0 Å². The van der Waals surface area contributed by atoms with E-state index >= 15 is 0 Å². The molecule has 3 heteroatoms. The zero-order valence-corrected chi connectivity index (χ0v) is 21.8. The maximum absolute atomic E-state index is 4.38. The first kappa shape index (κ1) is 25.1. The summed E-state index contributed by atoms with van der Waals surface area (Å²) in [6.45, 7) is 37.9. The molecule has 0 aliphatic heterocycles. The van der Waals surface area contributed by atoms with Crippen LogP contribution in [0.2, 0.25) is 33.2 Å². The molecule has 0 unspecified atom stereocenters. The molecule has 0 heterocycles. The predicted octanol–water partition coefficient (Wildman–Crippen LogP) is 8.22. The Bertz CT molecular complexity index is 346. The molecule has 0 rings (SSSR count). The number of hydrogen-bond donors (Lipinski definition) is 0. The average molecular weight is 384 g/mol. The summed E-state index contributed by atoms with van der Waals surface area (Å²) < 4.78 is 3.20. The molecular formula is C22H49NSi2. The molecule has 0 aromatic carbocycles.